The molecular formula is C15H22N2OS. The molecule has 1 aromatic carbocycles. The summed E-state index contributed by atoms with van der Waals surface area (Å²) in [6.45, 7) is 5.88. The first-order valence-electron chi connectivity index (χ1n) is 6.54. The third-order valence-corrected chi connectivity index (χ3v) is 4.00. The van der Waals surface area contributed by atoms with E-state index in [1.54, 1.807) is 0 Å². The van der Waals surface area contributed by atoms with Gasteiger partial charge in [-0.3, -0.25) is 4.79 Å². The molecule has 3 nitrogen and oxygen atoms in total. The van der Waals surface area contributed by atoms with E-state index in [1.807, 2.05) is 26.0 Å². The van der Waals surface area contributed by atoms with Gasteiger partial charge in [0.05, 0.1) is 10.5 Å². The Bertz CT molecular complexity index is 473. The highest BCUT2D eigenvalue weighted by Crippen LogP contribution is 2.12. The average Bonchev–Trinajstić information content (AvgIpc) is 2.37. The molecule has 0 aliphatic rings. The molecule has 1 amide bonds. The highest BCUT2D eigenvalue weighted by atomic mass is 32.1. The fourth-order valence-corrected chi connectivity index (χ4v) is 2.03. The van der Waals surface area contributed by atoms with Crippen molar-refractivity contribution in [3.63, 3.8) is 0 Å². The van der Waals surface area contributed by atoms with E-state index in [-0.39, 0.29) is 5.91 Å². The first kappa shape index (κ1) is 15.6. The topological polar surface area (TPSA) is 55.1 Å². The third kappa shape index (κ3) is 4.31. The highest BCUT2D eigenvalue weighted by molar-refractivity contribution is 7.80. The van der Waals surface area contributed by atoms with Gasteiger partial charge in [-0.05, 0) is 37.8 Å². The largest absolute Gasteiger partial charge is 0.391 e. The van der Waals surface area contributed by atoms with Crippen LogP contribution in [0.25, 0.3) is 0 Å². The SMILES string of the molecule is CCC(C)(NC(=O)CCc1ccccc1C)C(N)=S. The van der Waals surface area contributed by atoms with Gasteiger partial charge in [-0.25, -0.2) is 0 Å². The number of hydrogen-bond acceptors (Lipinski definition) is 2. The summed E-state index contributed by atoms with van der Waals surface area (Å²) in [6, 6.07) is 8.10. The molecule has 1 rings (SSSR count). The minimum Gasteiger partial charge on any atom is -0.391 e. The van der Waals surface area contributed by atoms with Crippen molar-refractivity contribution in [2.75, 3.05) is 0 Å². The van der Waals surface area contributed by atoms with Crippen molar-refractivity contribution < 1.29 is 4.79 Å². The van der Waals surface area contributed by atoms with Crippen molar-refractivity contribution in [2.24, 2.45) is 5.73 Å². The number of benzene rings is 1. The third-order valence-electron chi connectivity index (χ3n) is 3.55. The van der Waals surface area contributed by atoms with E-state index in [0.29, 0.717) is 17.8 Å². The van der Waals surface area contributed by atoms with Crippen LogP contribution in [0.15, 0.2) is 24.3 Å². The van der Waals surface area contributed by atoms with Gasteiger partial charge in [0.15, 0.2) is 0 Å². The average molecular weight is 278 g/mol. The molecule has 0 radical (unpaired) electrons. The summed E-state index contributed by atoms with van der Waals surface area (Å²) in [5.41, 5.74) is 7.50. The summed E-state index contributed by atoms with van der Waals surface area (Å²) >= 11 is 5.01. The molecule has 0 aliphatic carbocycles. The van der Waals surface area contributed by atoms with Crippen LogP contribution in [0.2, 0.25) is 0 Å². The fourth-order valence-electron chi connectivity index (χ4n) is 1.83. The smallest absolute Gasteiger partial charge is 0.221 e. The minimum atomic E-state index is -0.585. The van der Waals surface area contributed by atoms with Gasteiger partial charge >= 0.3 is 0 Å². The van der Waals surface area contributed by atoms with Crippen molar-refractivity contribution in [1.29, 1.82) is 0 Å². The molecule has 0 heterocycles. The first-order chi connectivity index (χ1) is 8.89. The van der Waals surface area contributed by atoms with Crippen molar-refractivity contribution >= 4 is 23.1 Å². The summed E-state index contributed by atoms with van der Waals surface area (Å²) in [7, 11) is 0. The molecule has 0 aromatic heterocycles. The van der Waals surface area contributed by atoms with Crippen LogP contribution in [0.4, 0.5) is 0 Å². The van der Waals surface area contributed by atoms with E-state index in [2.05, 4.69) is 24.4 Å². The lowest BCUT2D eigenvalue weighted by atomic mass is 9.98. The zero-order valence-electron chi connectivity index (χ0n) is 11.8. The second kappa shape index (κ2) is 6.66. The number of hydrogen-bond donors (Lipinski definition) is 2. The van der Waals surface area contributed by atoms with E-state index in [9.17, 15) is 4.79 Å². The quantitative estimate of drug-likeness (QED) is 0.786. The van der Waals surface area contributed by atoms with Gasteiger partial charge in [0.25, 0.3) is 0 Å². The molecule has 3 N–H and O–H groups in total. The van der Waals surface area contributed by atoms with Gasteiger partial charge in [0, 0.05) is 6.42 Å². The summed E-state index contributed by atoms with van der Waals surface area (Å²) in [4.78, 5) is 12.3. The Morgan fingerprint density at radius 1 is 1.42 bits per heavy atom. The van der Waals surface area contributed by atoms with Crippen LogP contribution in [-0.2, 0) is 11.2 Å². The standard InChI is InChI=1S/C15H22N2OS/c1-4-15(3,14(16)19)17-13(18)10-9-12-8-6-5-7-11(12)2/h5-8H,4,9-10H2,1-3H3,(H2,16,19)(H,17,18). The number of aryl methyl sites for hydroxylation is 2. The Hall–Kier alpha value is -1.42. The molecule has 1 unspecified atom stereocenters. The lowest BCUT2D eigenvalue weighted by Crippen LogP contribution is -2.54. The number of carbonyl (C=O) groups excluding carboxylic acids is 1. The Morgan fingerprint density at radius 2 is 2.05 bits per heavy atom. The number of carbonyl (C=O) groups is 1. The van der Waals surface area contributed by atoms with Gasteiger partial charge in [-0.15, -0.1) is 0 Å². The first-order valence-corrected chi connectivity index (χ1v) is 6.95. The van der Waals surface area contributed by atoms with E-state index in [0.717, 1.165) is 6.42 Å². The van der Waals surface area contributed by atoms with Crippen LogP contribution in [0.3, 0.4) is 0 Å². The molecule has 0 bridgehead atoms. The van der Waals surface area contributed by atoms with E-state index in [1.165, 1.54) is 11.1 Å². The lowest BCUT2D eigenvalue weighted by molar-refractivity contribution is -0.122. The van der Waals surface area contributed by atoms with Crippen molar-refractivity contribution in [1.82, 2.24) is 5.32 Å². The summed E-state index contributed by atoms with van der Waals surface area (Å²) in [5.74, 6) is -0.0135. The zero-order valence-corrected chi connectivity index (χ0v) is 12.6. The van der Waals surface area contributed by atoms with Crippen LogP contribution in [0, 0.1) is 6.92 Å². The number of nitrogens with two attached hydrogens (primary N) is 1. The van der Waals surface area contributed by atoms with E-state index >= 15 is 0 Å². The van der Waals surface area contributed by atoms with E-state index in [4.69, 9.17) is 18.0 Å². The number of rotatable bonds is 6. The highest BCUT2D eigenvalue weighted by Gasteiger charge is 2.27. The molecule has 1 aromatic rings. The summed E-state index contributed by atoms with van der Waals surface area (Å²) < 4.78 is 0. The van der Waals surface area contributed by atoms with Crippen molar-refractivity contribution in [3.8, 4) is 0 Å². The molecule has 4 heteroatoms. The van der Waals surface area contributed by atoms with Crippen LogP contribution >= 0.6 is 12.2 Å². The maximum absolute atomic E-state index is 12.0. The normalized spacial score (nSPS) is 13.6. The monoisotopic (exact) mass is 278 g/mol. The molecule has 0 spiro atoms. The fraction of sp³-hybridized carbons (Fsp3) is 0.467. The number of thiocarbonyl (C=S) groups is 1. The van der Waals surface area contributed by atoms with Crippen LogP contribution in [-0.4, -0.2) is 16.4 Å². The Balaban J connectivity index is 2.57. The molecule has 0 saturated heterocycles. The van der Waals surface area contributed by atoms with Gasteiger partial charge in [0.2, 0.25) is 5.91 Å². The predicted octanol–water partition coefficient (Wildman–Crippen LogP) is 2.50. The predicted molar refractivity (Wildman–Crippen MR) is 83.1 cm³/mol. The number of amides is 1. The summed E-state index contributed by atoms with van der Waals surface area (Å²) in [5, 5.41) is 2.93. The van der Waals surface area contributed by atoms with Gasteiger partial charge in [-0.2, -0.15) is 0 Å². The van der Waals surface area contributed by atoms with Crippen LogP contribution in [0.1, 0.15) is 37.8 Å². The second-order valence-electron chi connectivity index (χ2n) is 5.02. The minimum absolute atomic E-state index is 0.0135. The maximum Gasteiger partial charge on any atom is 0.221 e. The molecular weight excluding hydrogens is 256 g/mol. The summed E-state index contributed by atoms with van der Waals surface area (Å²) in [6.07, 6.45) is 1.87. The molecule has 104 valence electrons. The van der Waals surface area contributed by atoms with Crippen molar-refractivity contribution in [3.05, 3.63) is 35.4 Å². The zero-order chi connectivity index (χ0) is 14.5. The Kier molecular flexibility index (Phi) is 5.48. The second-order valence-corrected chi connectivity index (χ2v) is 5.46. The Labute approximate surface area is 120 Å². The molecule has 1 atom stereocenters. The van der Waals surface area contributed by atoms with Gasteiger partial charge < -0.3 is 11.1 Å². The lowest BCUT2D eigenvalue weighted by Gasteiger charge is -2.28. The molecule has 19 heavy (non-hydrogen) atoms. The molecule has 0 saturated carbocycles. The van der Waals surface area contributed by atoms with Gasteiger partial charge in [0.1, 0.15) is 0 Å². The van der Waals surface area contributed by atoms with Gasteiger partial charge in [-0.1, -0.05) is 43.4 Å². The van der Waals surface area contributed by atoms with Crippen LogP contribution in [0.5, 0.6) is 0 Å². The maximum atomic E-state index is 12.0. The van der Waals surface area contributed by atoms with E-state index < -0.39 is 5.54 Å². The van der Waals surface area contributed by atoms with Crippen LogP contribution < -0.4 is 11.1 Å². The van der Waals surface area contributed by atoms with Crippen molar-refractivity contribution in [2.45, 2.75) is 45.6 Å². The molecule has 0 aliphatic heterocycles. The Morgan fingerprint density at radius 3 is 2.58 bits per heavy atom. The number of nitrogens with one attached hydrogen (secondary N) is 1. The molecule has 0 fully saturated rings.